The SMILES string of the molecule is CC(C)C(C)(CN)NC(=O)c1ccc(F)c(F)c1F. The number of hydrogen-bond donors (Lipinski definition) is 2. The second-order valence-electron chi connectivity index (χ2n) is 4.95. The molecule has 1 atom stereocenters. The van der Waals surface area contributed by atoms with Crippen molar-refractivity contribution in [3.63, 3.8) is 0 Å². The number of halogens is 3. The van der Waals surface area contributed by atoms with Crippen LogP contribution in [0.1, 0.15) is 31.1 Å². The number of amides is 1. The van der Waals surface area contributed by atoms with E-state index in [4.69, 9.17) is 5.73 Å². The summed E-state index contributed by atoms with van der Waals surface area (Å²) >= 11 is 0. The van der Waals surface area contributed by atoms with E-state index >= 15 is 0 Å². The Morgan fingerprint density at radius 2 is 1.89 bits per heavy atom. The summed E-state index contributed by atoms with van der Waals surface area (Å²) in [4.78, 5) is 11.9. The highest BCUT2D eigenvalue weighted by Crippen LogP contribution is 2.19. The van der Waals surface area contributed by atoms with Gasteiger partial charge in [0.2, 0.25) is 0 Å². The largest absolute Gasteiger partial charge is 0.345 e. The Morgan fingerprint density at radius 1 is 1.32 bits per heavy atom. The van der Waals surface area contributed by atoms with Gasteiger partial charge in [0.05, 0.1) is 11.1 Å². The first kappa shape index (κ1) is 15.5. The van der Waals surface area contributed by atoms with E-state index in [-0.39, 0.29) is 12.5 Å². The van der Waals surface area contributed by atoms with E-state index in [1.54, 1.807) is 6.92 Å². The summed E-state index contributed by atoms with van der Waals surface area (Å²) in [6.45, 7) is 5.53. The first-order valence-electron chi connectivity index (χ1n) is 5.89. The summed E-state index contributed by atoms with van der Waals surface area (Å²) in [6, 6.07) is 1.61. The van der Waals surface area contributed by atoms with Crippen LogP contribution in [0.2, 0.25) is 0 Å². The van der Waals surface area contributed by atoms with Crippen molar-refractivity contribution < 1.29 is 18.0 Å². The normalized spacial score (nSPS) is 14.3. The third-order valence-corrected chi connectivity index (χ3v) is 3.38. The van der Waals surface area contributed by atoms with Gasteiger partial charge in [0, 0.05) is 6.54 Å². The van der Waals surface area contributed by atoms with Crippen molar-refractivity contribution in [2.45, 2.75) is 26.3 Å². The minimum Gasteiger partial charge on any atom is -0.345 e. The molecule has 3 N–H and O–H groups in total. The summed E-state index contributed by atoms with van der Waals surface area (Å²) < 4.78 is 39.3. The zero-order valence-electron chi connectivity index (χ0n) is 11.1. The van der Waals surface area contributed by atoms with Crippen molar-refractivity contribution >= 4 is 5.91 Å². The van der Waals surface area contributed by atoms with Crippen molar-refractivity contribution in [3.8, 4) is 0 Å². The van der Waals surface area contributed by atoms with Gasteiger partial charge < -0.3 is 11.1 Å². The van der Waals surface area contributed by atoms with Crippen molar-refractivity contribution in [2.24, 2.45) is 11.7 Å². The van der Waals surface area contributed by atoms with Crippen LogP contribution in [0.25, 0.3) is 0 Å². The van der Waals surface area contributed by atoms with Crippen LogP contribution in [0.3, 0.4) is 0 Å². The van der Waals surface area contributed by atoms with Crippen LogP contribution < -0.4 is 11.1 Å². The molecule has 1 unspecified atom stereocenters. The zero-order valence-corrected chi connectivity index (χ0v) is 11.1. The maximum atomic E-state index is 13.5. The molecule has 0 saturated heterocycles. The molecule has 6 heteroatoms. The highest BCUT2D eigenvalue weighted by atomic mass is 19.2. The van der Waals surface area contributed by atoms with Crippen molar-refractivity contribution in [1.82, 2.24) is 5.32 Å². The molecule has 0 aliphatic heterocycles. The Hall–Kier alpha value is -1.56. The van der Waals surface area contributed by atoms with Gasteiger partial charge in [-0.1, -0.05) is 13.8 Å². The molecule has 106 valence electrons. The number of hydrogen-bond acceptors (Lipinski definition) is 2. The molecule has 0 bridgehead atoms. The van der Waals surface area contributed by atoms with E-state index in [0.29, 0.717) is 6.07 Å². The van der Waals surface area contributed by atoms with Crippen molar-refractivity contribution in [1.29, 1.82) is 0 Å². The maximum Gasteiger partial charge on any atom is 0.254 e. The fourth-order valence-electron chi connectivity index (χ4n) is 1.46. The Bertz CT molecular complexity index is 491. The number of nitrogens with two attached hydrogens (primary N) is 1. The average molecular weight is 274 g/mol. The van der Waals surface area contributed by atoms with Gasteiger partial charge in [-0.25, -0.2) is 13.2 Å². The van der Waals surface area contributed by atoms with Crippen LogP contribution in [0, 0.1) is 23.4 Å². The van der Waals surface area contributed by atoms with Gasteiger partial charge in [0.15, 0.2) is 17.5 Å². The quantitative estimate of drug-likeness (QED) is 0.827. The van der Waals surface area contributed by atoms with E-state index in [1.165, 1.54) is 0 Å². The van der Waals surface area contributed by atoms with Gasteiger partial charge in [-0.3, -0.25) is 4.79 Å². The van der Waals surface area contributed by atoms with Gasteiger partial charge in [-0.05, 0) is 25.0 Å². The van der Waals surface area contributed by atoms with Crippen LogP contribution in [-0.4, -0.2) is 18.0 Å². The molecule has 1 amide bonds. The summed E-state index contributed by atoms with van der Waals surface area (Å²) in [5.74, 6) is -5.32. The Labute approximate surface area is 110 Å². The lowest BCUT2D eigenvalue weighted by atomic mass is 9.88. The van der Waals surface area contributed by atoms with Crippen LogP contribution in [0.15, 0.2) is 12.1 Å². The lowest BCUT2D eigenvalue weighted by Crippen LogP contribution is -2.55. The maximum absolute atomic E-state index is 13.5. The molecule has 0 aliphatic carbocycles. The fraction of sp³-hybridized carbons (Fsp3) is 0.462. The number of rotatable bonds is 4. The fourth-order valence-corrected chi connectivity index (χ4v) is 1.46. The van der Waals surface area contributed by atoms with Gasteiger partial charge in [-0.2, -0.15) is 0 Å². The highest BCUT2D eigenvalue weighted by molar-refractivity contribution is 5.95. The molecule has 0 aromatic heterocycles. The third-order valence-electron chi connectivity index (χ3n) is 3.38. The first-order chi connectivity index (χ1) is 8.73. The first-order valence-corrected chi connectivity index (χ1v) is 5.89. The predicted molar refractivity (Wildman–Crippen MR) is 66.1 cm³/mol. The molecule has 3 nitrogen and oxygen atoms in total. The molecular weight excluding hydrogens is 257 g/mol. The van der Waals surface area contributed by atoms with Gasteiger partial charge >= 0.3 is 0 Å². The minimum absolute atomic E-state index is 0.00481. The van der Waals surface area contributed by atoms with Crippen molar-refractivity contribution in [3.05, 3.63) is 35.1 Å². The number of carbonyl (C=O) groups excluding carboxylic acids is 1. The van der Waals surface area contributed by atoms with Crippen LogP contribution in [0.4, 0.5) is 13.2 Å². The van der Waals surface area contributed by atoms with E-state index in [9.17, 15) is 18.0 Å². The average Bonchev–Trinajstić information content (AvgIpc) is 2.35. The molecule has 0 fully saturated rings. The second-order valence-corrected chi connectivity index (χ2v) is 4.95. The Kier molecular flexibility index (Phi) is 4.57. The molecule has 0 aliphatic rings. The zero-order chi connectivity index (χ0) is 14.8. The van der Waals surface area contributed by atoms with Crippen LogP contribution >= 0.6 is 0 Å². The summed E-state index contributed by atoms with van der Waals surface area (Å²) in [6.07, 6.45) is 0. The standard InChI is InChI=1S/C13H17F3N2O/c1-7(2)13(3,6-17)18-12(19)8-4-5-9(14)11(16)10(8)15/h4-5,7H,6,17H2,1-3H3,(H,18,19). The molecule has 1 rings (SSSR count). The van der Waals surface area contributed by atoms with E-state index in [2.05, 4.69) is 5.32 Å². The molecule has 0 radical (unpaired) electrons. The number of benzene rings is 1. The second kappa shape index (κ2) is 5.61. The molecule has 0 saturated carbocycles. The van der Waals surface area contributed by atoms with E-state index in [1.807, 2.05) is 13.8 Å². The molecule has 1 aromatic carbocycles. The van der Waals surface area contributed by atoms with E-state index < -0.39 is 34.5 Å². The number of nitrogens with one attached hydrogen (secondary N) is 1. The molecule has 19 heavy (non-hydrogen) atoms. The minimum atomic E-state index is -1.66. The predicted octanol–water partition coefficient (Wildman–Crippen LogP) is 2.21. The van der Waals surface area contributed by atoms with Gasteiger partial charge in [0.1, 0.15) is 0 Å². The molecular formula is C13H17F3N2O. The summed E-state index contributed by atoms with van der Waals surface area (Å²) in [5.41, 5.74) is 4.29. The Balaban J connectivity index is 3.06. The molecule has 1 aromatic rings. The lowest BCUT2D eigenvalue weighted by molar-refractivity contribution is 0.0877. The van der Waals surface area contributed by atoms with Gasteiger partial charge in [-0.15, -0.1) is 0 Å². The summed E-state index contributed by atoms with van der Waals surface area (Å²) in [7, 11) is 0. The highest BCUT2D eigenvalue weighted by Gasteiger charge is 2.30. The molecule has 0 spiro atoms. The molecule has 0 heterocycles. The Morgan fingerprint density at radius 3 is 2.37 bits per heavy atom. The third kappa shape index (κ3) is 3.07. The lowest BCUT2D eigenvalue weighted by Gasteiger charge is -2.33. The van der Waals surface area contributed by atoms with E-state index in [0.717, 1.165) is 6.07 Å². The van der Waals surface area contributed by atoms with Crippen LogP contribution in [0.5, 0.6) is 0 Å². The van der Waals surface area contributed by atoms with Gasteiger partial charge in [0.25, 0.3) is 5.91 Å². The number of carbonyl (C=O) groups is 1. The smallest absolute Gasteiger partial charge is 0.254 e. The topological polar surface area (TPSA) is 55.1 Å². The monoisotopic (exact) mass is 274 g/mol. The van der Waals surface area contributed by atoms with Crippen LogP contribution in [-0.2, 0) is 0 Å². The summed E-state index contributed by atoms with van der Waals surface area (Å²) in [5, 5.41) is 2.55. The van der Waals surface area contributed by atoms with Crippen molar-refractivity contribution in [2.75, 3.05) is 6.54 Å².